The van der Waals surface area contributed by atoms with E-state index in [-0.39, 0.29) is 18.4 Å². The van der Waals surface area contributed by atoms with Crippen molar-refractivity contribution in [2.24, 2.45) is 11.8 Å². The highest BCUT2D eigenvalue weighted by molar-refractivity contribution is 5.94. The molecule has 6 heteroatoms. The molecule has 0 saturated heterocycles. The van der Waals surface area contributed by atoms with E-state index < -0.39 is 0 Å². The van der Waals surface area contributed by atoms with E-state index in [0.717, 1.165) is 43.2 Å². The summed E-state index contributed by atoms with van der Waals surface area (Å²) in [6, 6.07) is 13.1. The molecule has 1 amide bonds. The van der Waals surface area contributed by atoms with E-state index in [1.54, 1.807) is 18.2 Å². The van der Waals surface area contributed by atoms with Crippen LogP contribution in [0.15, 0.2) is 40.8 Å². The molecule has 2 aromatic carbocycles. The Morgan fingerprint density at radius 3 is 2.52 bits per heavy atom. The Kier molecular flexibility index (Phi) is 7.10. The van der Waals surface area contributed by atoms with Gasteiger partial charge in [-0.3, -0.25) is 4.79 Å². The minimum Gasteiger partial charge on any atom is -0.436 e. The van der Waals surface area contributed by atoms with Crippen LogP contribution in [0.4, 0.5) is 0 Å². The van der Waals surface area contributed by atoms with Crippen molar-refractivity contribution in [1.82, 2.24) is 10.3 Å². The number of benzene rings is 2. The molecule has 4 rings (SSSR count). The summed E-state index contributed by atoms with van der Waals surface area (Å²) in [5, 5.41) is 21.5. The fourth-order valence-corrected chi connectivity index (χ4v) is 4.69. The highest BCUT2D eigenvalue weighted by atomic mass is 16.3. The number of rotatable bonds is 7. The van der Waals surface area contributed by atoms with Gasteiger partial charge < -0.3 is 14.8 Å². The first-order valence-electron chi connectivity index (χ1n) is 11.8. The third kappa shape index (κ3) is 5.26. The van der Waals surface area contributed by atoms with Crippen LogP contribution in [-0.4, -0.2) is 29.1 Å². The number of aliphatic hydroxyl groups is 1. The molecule has 172 valence electrons. The SMILES string of the molecule is CC(C)c1cc(C#N)cc2nc(-c3ccc(C(=O)NC[C@H]4CC[C@H](CCO)CC4)cc3)oc12. The van der Waals surface area contributed by atoms with Gasteiger partial charge in [-0.25, -0.2) is 4.98 Å². The number of hydrogen-bond donors (Lipinski definition) is 2. The Bertz CT molecular complexity index is 1150. The molecule has 1 aromatic heterocycles. The normalized spacial score (nSPS) is 18.4. The van der Waals surface area contributed by atoms with E-state index in [9.17, 15) is 10.1 Å². The molecule has 1 saturated carbocycles. The van der Waals surface area contributed by atoms with Crippen LogP contribution < -0.4 is 5.32 Å². The maximum Gasteiger partial charge on any atom is 0.251 e. The lowest BCUT2D eigenvalue weighted by molar-refractivity contribution is 0.0940. The van der Waals surface area contributed by atoms with Crippen molar-refractivity contribution < 1.29 is 14.3 Å². The average Bonchev–Trinajstić information content (AvgIpc) is 3.27. The summed E-state index contributed by atoms with van der Waals surface area (Å²) in [5.74, 6) is 1.75. The highest BCUT2D eigenvalue weighted by Crippen LogP contribution is 2.32. The Labute approximate surface area is 194 Å². The molecule has 0 aliphatic heterocycles. The average molecular weight is 446 g/mol. The van der Waals surface area contributed by atoms with Gasteiger partial charge in [-0.15, -0.1) is 0 Å². The molecular weight excluding hydrogens is 414 g/mol. The number of carbonyl (C=O) groups excluding carboxylic acids is 1. The fourth-order valence-electron chi connectivity index (χ4n) is 4.69. The van der Waals surface area contributed by atoms with Crippen LogP contribution in [0.3, 0.4) is 0 Å². The molecule has 0 bridgehead atoms. The number of oxazole rings is 1. The number of fused-ring (bicyclic) bond motifs is 1. The molecule has 1 fully saturated rings. The first kappa shape index (κ1) is 23.0. The zero-order valence-corrected chi connectivity index (χ0v) is 19.3. The standard InChI is InChI=1S/C27H31N3O3/c1-17(2)23-13-20(15-28)14-24-25(23)33-27(30-24)22-9-7-21(8-10-22)26(32)29-16-19-5-3-18(4-6-19)11-12-31/h7-10,13-14,17-19,31H,3-6,11-12,16H2,1-2H3,(H,29,32)/t18-,19-. The number of nitriles is 1. The van der Waals surface area contributed by atoms with Crippen LogP contribution >= 0.6 is 0 Å². The molecule has 0 spiro atoms. The van der Waals surface area contributed by atoms with Crippen molar-refractivity contribution in [1.29, 1.82) is 5.26 Å². The summed E-state index contributed by atoms with van der Waals surface area (Å²) in [4.78, 5) is 17.2. The monoisotopic (exact) mass is 445 g/mol. The van der Waals surface area contributed by atoms with Gasteiger partial charge >= 0.3 is 0 Å². The van der Waals surface area contributed by atoms with Crippen LogP contribution in [-0.2, 0) is 0 Å². The molecule has 0 unspecified atom stereocenters. The van der Waals surface area contributed by atoms with Crippen molar-refractivity contribution >= 4 is 17.0 Å². The molecule has 2 N–H and O–H groups in total. The summed E-state index contributed by atoms with van der Waals surface area (Å²) in [6.07, 6.45) is 5.37. The predicted octanol–water partition coefficient (Wildman–Crippen LogP) is 5.41. The van der Waals surface area contributed by atoms with E-state index in [1.807, 2.05) is 18.2 Å². The number of hydrogen-bond acceptors (Lipinski definition) is 5. The van der Waals surface area contributed by atoms with E-state index >= 15 is 0 Å². The molecular formula is C27H31N3O3. The van der Waals surface area contributed by atoms with Gasteiger partial charge in [0.2, 0.25) is 5.89 Å². The number of aliphatic hydroxyl groups excluding tert-OH is 1. The minimum atomic E-state index is -0.0719. The topological polar surface area (TPSA) is 99.2 Å². The van der Waals surface area contributed by atoms with Crippen molar-refractivity contribution in [2.75, 3.05) is 13.2 Å². The van der Waals surface area contributed by atoms with Crippen molar-refractivity contribution in [3.05, 3.63) is 53.1 Å². The largest absolute Gasteiger partial charge is 0.436 e. The summed E-state index contributed by atoms with van der Waals surface area (Å²) >= 11 is 0. The van der Waals surface area contributed by atoms with Crippen LogP contribution in [0, 0.1) is 23.2 Å². The smallest absolute Gasteiger partial charge is 0.251 e. The highest BCUT2D eigenvalue weighted by Gasteiger charge is 2.21. The van der Waals surface area contributed by atoms with Gasteiger partial charge in [0.25, 0.3) is 5.91 Å². The van der Waals surface area contributed by atoms with Gasteiger partial charge in [-0.2, -0.15) is 5.26 Å². The van der Waals surface area contributed by atoms with Gasteiger partial charge in [-0.1, -0.05) is 26.7 Å². The van der Waals surface area contributed by atoms with Gasteiger partial charge in [0.15, 0.2) is 5.58 Å². The predicted molar refractivity (Wildman–Crippen MR) is 128 cm³/mol. The molecule has 1 aliphatic carbocycles. The Hall–Kier alpha value is -3.17. The Balaban J connectivity index is 1.42. The quantitative estimate of drug-likeness (QED) is 0.507. The fraction of sp³-hybridized carbons (Fsp3) is 0.444. The number of nitrogens with one attached hydrogen (secondary N) is 1. The van der Waals surface area contributed by atoms with Crippen molar-refractivity contribution in [3.63, 3.8) is 0 Å². The van der Waals surface area contributed by atoms with Crippen molar-refractivity contribution in [2.45, 2.75) is 51.9 Å². The second-order valence-electron chi connectivity index (χ2n) is 9.39. The maximum atomic E-state index is 12.6. The van der Waals surface area contributed by atoms with E-state index in [1.165, 1.54) is 0 Å². The lowest BCUT2D eigenvalue weighted by atomic mass is 9.80. The first-order valence-corrected chi connectivity index (χ1v) is 11.8. The van der Waals surface area contributed by atoms with Gasteiger partial charge in [0.05, 0.1) is 11.6 Å². The van der Waals surface area contributed by atoms with Crippen LogP contribution in [0.2, 0.25) is 0 Å². The second kappa shape index (κ2) is 10.2. The second-order valence-corrected chi connectivity index (χ2v) is 9.39. The van der Waals surface area contributed by atoms with Gasteiger partial charge in [0.1, 0.15) is 5.52 Å². The van der Waals surface area contributed by atoms with Crippen LogP contribution in [0.1, 0.15) is 73.4 Å². The summed E-state index contributed by atoms with van der Waals surface area (Å²) in [5.41, 5.74) is 4.30. The summed E-state index contributed by atoms with van der Waals surface area (Å²) < 4.78 is 6.06. The number of aromatic nitrogens is 1. The molecule has 0 radical (unpaired) electrons. The minimum absolute atomic E-state index is 0.0719. The van der Waals surface area contributed by atoms with E-state index in [2.05, 4.69) is 30.2 Å². The molecule has 6 nitrogen and oxygen atoms in total. The molecule has 0 atom stereocenters. The van der Waals surface area contributed by atoms with Crippen molar-refractivity contribution in [3.8, 4) is 17.5 Å². The Morgan fingerprint density at radius 2 is 1.88 bits per heavy atom. The first-order chi connectivity index (χ1) is 16.0. The number of nitrogens with zero attached hydrogens (tertiary/aromatic N) is 2. The zero-order valence-electron chi connectivity index (χ0n) is 19.3. The van der Waals surface area contributed by atoms with E-state index in [0.29, 0.717) is 46.5 Å². The third-order valence-corrected chi connectivity index (χ3v) is 6.72. The zero-order chi connectivity index (χ0) is 23.4. The van der Waals surface area contributed by atoms with Crippen LogP contribution in [0.25, 0.3) is 22.6 Å². The summed E-state index contributed by atoms with van der Waals surface area (Å²) in [6.45, 7) is 5.08. The molecule has 33 heavy (non-hydrogen) atoms. The Morgan fingerprint density at radius 1 is 1.18 bits per heavy atom. The number of amides is 1. The number of carbonyl (C=O) groups is 1. The van der Waals surface area contributed by atoms with Gasteiger partial charge in [-0.05, 0) is 73.4 Å². The van der Waals surface area contributed by atoms with Gasteiger partial charge in [0, 0.05) is 29.8 Å². The lowest BCUT2D eigenvalue weighted by Crippen LogP contribution is -2.31. The van der Waals surface area contributed by atoms with E-state index in [4.69, 9.17) is 9.52 Å². The lowest BCUT2D eigenvalue weighted by Gasteiger charge is -2.28. The summed E-state index contributed by atoms with van der Waals surface area (Å²) in [7, 11) is 0. The molecule has 1 aliphatic rings. The third-order valence-electron chi connectivity index (χ3n) is 6.72. The molecule has 3 aromatic rings. The molecule has 1 heterocycles. The van der Waals surface area contributed by atoms with Crippen LogP contribution in [0.5, 0.6) is 0 Å². The maximum absolute atomic E-state index is 12.6.